The molecule has 0 fully saturated rings. The number of nitrogens with zero attached hydrogens (tertiary/aromatic N) is 4. The first kappa shape index (κ1) is 15.7. The van der Waals surface area contributed by atoms with Crippen LogP contribution in [0, 0.1) is 10.1 Å². The summed E-state index contributed by atoms with van der Waals surface area (Å²) in [6.07, 6.45) is 2.67. The van der Waals surface area contributed by atoms with E-state index in [1.165, 1.54) is 12.1 Å². The van der Waals surface area contributed by atoms with Crippen molar-refractivity contribution in [2.24, 2.45) is 0 Å². The highest BCUT2D eigenvalue weighted by Gasteiger charge is 2.15. The summed E-state index contributed by atoms with van der Waals surface area (Å²) in [5.74, 6) is 1.17. The molecule has 0 aliphatic heterocycles. The Balaban J connectivity index is 2.59. The van der Waals surface area contributed by atoms with Gasteiger partial charge in [-0.1, -0.05) is 13.0 Å². The molecule has 1 N–H and O–H groups in total. The molecule has 0 atom stereocenters. The fourth-order valence-corrected chi connectivity index (χ4v) is 2.19. The third kappa shape index (κ3) is 3.30. The molecule has 0 unspecified atom stereocenters. The van der Waals surface area contributed by atoms with Crippen LogP contribution in [0.1, 0.15) is 13.3 Å². The van der Waals surface area contributed by atoms with E-state index in [0.717, 1.165) is 13.0 Å². The van der Waals surface area contributed by atoms with Crippen molar-refractivity contribution >= 4 is 28.4 Å². The fraction of sp³-hybridized carbons (Fsp3) is 0.333. The van der Waals surface area contributed by atoms with Crippen LogP contribution in [-0.4, -0.2) is 35.0 Å². The summed E-state index contributed by atoms with van der Waals surface area (Å²) in [6, 6.07) is 4.63. The van der Waals surface area contributed by atoms with E-state index < -0.39 is 4.92 Å². The van der Waals surface area contributed by atoms with E-state index in [2.05, 4.69) is 28.8 Å². The summed E-state index contributed by atoms with van der Waals surface area (Å²) in [4.78, 5) is 21.4. The van der Waals surface area contributed by atoms with Gasteiger partial charge in [-0.15, -0.1) is 6.58 Å². The van der Waals surface area contributed by atoms with Crippen LogP contribution in [0.25, 0.3) is 10.9 Å². The highest BCUT2D eigenvalue weighted by Crippen LogP contribution is 2.28. The SMILES string of the molecule is C=CCNc1nc(N(C)CCC)c2cc([N+](=O)[O-])ccc2n1. The summed E-state index contributed by atoms with van der Waals surface area (Å²) < 4.78 is 0. The van der Waals surface area contributed by atoms with Crippen LogP contribution < -0.4 is 10.2 Å². The quantitative estimate of drug-likeness (QED) is 0.481. The van der Waals surface area contributed by atoms with Crippen molar-refractivity contribution in [3.63, 3.8) is 0 Å². The highest BCUT2D eigenvalue weighted by atomic mass is 16.6. The topological polar surface area (TPSA) is 84.2 Å². The lowest BCUT2D eigenvalue weighted by atomic mass is 10.2. The van der Waals surface area contributed by atoms with E-state index in [9.17, 15) is 10.1 Å². The summed E-state index contributed by atoms with van der Waals surface area (Å²) in [5, 5.41) is 14.7. The Morgan fingerprint density at radius 2 is 2.23 bits per heavy atom. The molecule has 0 radical (unpaired) electrons. The number of nitro benzene ring substituents is 1. The van der Waals surface area contributed by atoms with Crippen LogP contribution in [0.15, 0.2) is 30.9 Å². The van der Waals surface area contributed by atoms with Crippen molar-refractivity contribution in [2.45, 2.75) is 13.3 Å². The molecule has 1 aromatic carbocycles. The molecule has 0 saturated carbocycles. The largest absolute Gasteiger partial charge is 0.359 e. The maximum absolute atomic E-state index is 11.0. The number of nitro groups is 1. The van der Waals surface area contributed by atoms with Crippen LogP contribution in [0.4, 0.5) is 17.5 Å². The number of anilines is 2. The van der Waals surface area contributed by atoms with Crippen molar-refractivity contribution in [3.8, 4) is 0 Å². The highest BCUT2D eigenvalue weighted by molar-refractivity contribution is 5.92. The van der Waals surface area contributed by atoms with E-state index in [1.807, 2.05) is 11.9 Å². The van der Waals surface area contributed by atoms with Crippen LogP contribution in [0.3, 0.4) is 0 Å². The summed E-state index contributed by atoms with van der Waals surface area (Å²) >= 11 is 0. The smallest absolute Gasteiger partial charge is 0.270 e. The normalized spacial score (nSPS) is 10.5. The zero-order valence-electron chi connectivity index (χ0n) is 12.7. The molecule has 1 heterocycles. The number of aromatic nitrogens is 2. The zero-order valence-corrected chi connectivity index (χ0v) is 12.7. The molecule has 7 nitrogen and oxygen atoms in total. The van der Waals surface area contributed by atoms with Gasteiger partial charge in [0, 0.05) is 37.7 Å². The minimum absolute atomic E-state index is 0.0362. The molecule has 22 heavy (non-hydrogen) atoms. The zero-order chi connectivity index (χ0) is 16.1. The molecule has 116 valence electrons. The van der Waals surface area contributed by atoms with Crippen molar-refractivity contribution < 1.29 is 4.92 Å². The average molecular weight is 301 g/mol. The predicted octanol–water partition coefficient (Wildman–Crippen LogP) is 2.98. The maximum atomic E-state index is 11.0. The molecular weight excluding hydrogens is 282 g/mol. The molecule has 0 spiro atoms. The summed E-state index contributed by atoms with van der Waals surface area (Å²) in [7, 11) is 1.92. The molecule has 1 aromatic heterocycles. The Morgan fingerprint density at radius 3 is 2.86 bits per heavy atom. The molecule has 0 aliphatic carbocycles. The molecule has 2 aromatic rings. The van der Waals surface area contributed by atoms with Crippen LogP contribution in [-0.2, 0) is 0 Å². The number of hydrogen-bond donors (Lipinski definition) is 1. The van der Waals surface area contributed by atoms with Gasteiger partial charge in [0.05, 0.1) is 10.4 Å². The molecule has 0 amide bonds. The van der Waals surface area contributed by atoms with Gasteiger partial charge in [0.2, 0.25) is 5.95 Å². The van der Waals surface area contributed by atoms with Crippen LogP contribution in [0.2, 0.25) is 0 Å². The second-order valence-corrected chi connectivity index (χ2v) is 4.92. The lowest BCUT2D eigenvalue weighted by Gasteiger charge is -2.19. The van der Waals surface area contributed by atoms with Gasteiger partial charge in [-0.05, 0) is 12.5 Å². The molecule has 0 saturated heterocycles. The molecule has 7 heteroatoms. The lowest BCUT2D eigenvalue weighted by molar-refractivity contribution is -0.384. The Bertz CT molecular complexity index is 702. The Kier molecular flexibility index (Phi) is 4.88. The number of rotatable bonds is 7. The minimum Gasteiger partial charge on any atom is -0.359 e. The minimum atomic E-state index is -0.410. The number of non-ortho nitro benzene ring substituents is 1. The maximum Gasteiger partial charge on any atom is 0.270 e. The van der Waals surface area contributed by atoms with E-state index >= 15 is 0 Å². The van der Waals surface area contributed by atoms with Gasteiger partial charge in [-0.3, -0.25) is 10.1 Å². The Hall–Kier alpha value is -2.70. The predicted molar refractivity (Wildman–Crippen MR) is 88.4 cm³/mol. The Morgan fingerprint density at radius 1 is 1.45 bits per heavy atom. The average Bonchev–Trinajstić information content (AvgIpc) is 2.51. The van der Waals surface area contributed by atoms with Crippen molar-refractivity contribution in [1.29, 1.82) is 0 Å². The van der Waals surface area contributed by atoms with Crippen LogP contribution >= 0.6 is 0 Å². The van der Waals surface area contributed by atoms with E-state index in [1.54, 1.807) is 12.1 Å². The van der Waals surface area contributed by atoms with Gasteiger partial charge in [-0.25, -0.2) is 4.98 Å². The van der Waals surface area contributed by atoms with Gasteiger partial charge >= 0.3 is 0 Å². The standard InChI is InChI=1S/C15H19N5O2/c1-4-8-16-15-17-13-7-6-11(20(21)22)10-12(13)14(18-15)19(3)9-5-2/h4,6-7,10H,1,5,8-9H2,2-3H3,(H,16,17,18). The molecule has 0 bridgehead atoms. The van der Waals surface area contributed by atoms with Crippen molar-refractivity contribution in [3.05, 3.63) is 41.0 Å². The molecule has 2 rings (SSSR count). The van der Waals surface area contributed by atoms with Crippen molar-refractivity contribution in [1.82, 2.24) is 9.97 Å². The summed E-state index contributed by atoms with van der Waals surface area (Å²) in [6.45, 7) is 7.07. The van der Waals surface area contributed by atoms with E-state index in [4.69, 9.17) is 0 Å². The van der Waals surface area contributed by atoms with Crippen molar-refractivity contribution in [2.75, 3.05) is 30.4 Å². The van der Waals surface area contributed by atoms with E-state index in [0.29, 0.717) is 29.2 Å². The first-order valence-corrected chi connectivity index (χ1v) is 7.09. The number of fused-ring (bicyclic) bond motifs is 1. The van der Waals surface area contributed by atoms with Gasteiger partial charge < -0.3 is 10.2 Å². The number of nitrogens with one attached hydrogen (secondary N) is 1. The monoisotopic (exact) mass is 301 g/mol. The Labute approximate surface area is 128 Å². The molecular formula is C15H19N5O2. The number of hydrogen-bond acceptors (Lipinski definition) is 6. The number of benzene rings is 1. The van der Waals surface area contributed by atoms with Gasteiger partial charge in [-0.2, -0.15) is 4.98 Å². The lowest BCUT2D eigenvalue weighted by Crippen LogP contribution is -2.20. The third-order valence-electron chi connectivity index (χ3n) is 3.20. The van der Waals surface area contributed by atoms with E-state index in [-0.39, 0.29) is 5.69 Å². The second-order valence-electron chi connectivity index (χ2n) is 4.92. The molecule has 0 aliphatic rings. The van der Waals surface area contributed by atoms with Crippen LogP contribution in [0.5, 0.6) is 0 Å². The van der Waals surface area contributed by atoms with Gasteiger partial charge in [0.15, 0.2) is 0 Å². The fourth-order valence-electron chi connectivity index (χ4n) is 2.19. The van der Waals surface area contributed by atoms with Gasteiger partial charge in [0.25, 0.3) is 5.69 Å². The first-order chi connectivity index (χ1) is 10.6. The summed E-state index contributed by atoms with van der Waals surface area (Å²) in [5.41, 5.74) is 0.708. The first-order valence-electron chi connectivity index (χ1n) is 7.09. The third-order valence-corrected chi connectivity index (χ3v) is 3.20. The second kappa shape index (κ2) is 6.84. The van der Waals surface area contributed by atoms with Gasteiger partial charge in [0.1, 0.15) is 5.82 Å².